The number of aliphatic carboxylic acids is 1. The Labute approximate surface area is 169 Å². The third kappa shape index (κ3) is 7.03. The van der Waals surface area contributed by atoms with Crippen LogP contribution in [0.3, 0.4) is 0 Å². The fraction of sp³-hybridized carbons (Fsp3) is 0.476. The number of carbonyl (C=O) groups excluding carboxylic acids is 2. The summed E-state index contributed by atoms with van der Waals surface area (Å²) in [5.74, 6) is -0.709. The van der Waals surface area contributed by atoms with Gasteiger partial charge in [-0.3, -0.25) is 19.3 Å². The van der Waals surface area contributed by atoms with Gasteiger partial charge in [-0.2, -0.15) is 0 Å². The van der Waals surface area contributed by atoms with Crippen LogP contribution in [0.4, 0.5) is 4.79 Å². The Morgan fingerprint density at radius 1 is 1.11 bits per heavy atom. The molecule has 1 saturated heterocycles. The van der Waals surface area contributed by atoms with Crippen molar-refractivity contribution in [2.24, 2.45) is 0 Å². The molecule has 2 rings (SSSR count). The maximum Gasteiger partial charge on any atom is 0.305 e. The summed E-state index contributed by atoms with van der Waals surface area (Å²) < 4.78 is 5.74. The van der Waals surface area contributed by atoms with Crippen molar-refractivity contribution in [3.63, 3.8) is 0 Å². The molecule has 2 amide bonds. The van der Waals surface area contributed by atoms with Crippen molar-refractivity contribution in [1.29, 1.82) is 0 Å². The van der Waals surface area contributed by atoms with E-state index in [1.807, 2.05) is 24.3 Å². The lowest BCUT2D eigenvalue weighted by atomic mass is 10.1. The number of unbranched alkanes of at least 4 members (excludes halogenated alkanes) is 5. The van der Waals surface area contributed by atoms with Crippen LogP contribution in [-0.4, -0.2) is 40.3 Å². The summed E-state index contributed by atoms with van der Waals surface area (Å²) in [6.07, 6.45) is 8.67. The van der Waals surface area contributed by atoms with Crippen LogP contribution in [0.2, 0.25) is 0 Å². The number of imide groups is 1. The van der Waals surface area contributed by atoms with E-state index in [1.54, 1.807) is 6.08 Å². The van der Waals surface area contributed by atoms with Crippen LogP contribution < -0.4 is 4.74 Å². The van der Waals surface area contributed by atoms with Gasteiger partial charge in [0.25, 0.3) is 11.1 Å². The average Bonchev–Trinajstić information content (AvgIpc) is 2.93. The van der Waals surface area contributed by atoms with Crippen molar-refractivity contribution in [2.45, 2.75) is 51.9 Å². The zero-order chi connectivity index (χ0) is 20.4. The maximum absolute atomic E-state index is 12.3. The molecule has 152 valence electrons. The summed E-state index contributed by atoms with van der Waals surface area (Å²) in [7, 11) is 0. The minimum absolute atomic E-state index is 0.109. The maximum atomic E-state index is 12.3. The van der Waals surface area contributed by atoms with E-state index in [1.165, 1.54) is 32.1 Å². The highest BCUT2D eigenvalue weighted by Gasteiger charge is 2.34. The predicted octanol–water partition coefficient (Wildman–Crippen LogP) is 4.94. The molecule has 7 heteroatoms. The van der Waals surface area contributed by atoms with E-state index >= 15 is 0 Å². The molecule has 28 heavy (non-hydrogen) atoms. The van der Waals surface area contributed by atoms with Gasteiger partial charge in [-0.05, 0) is 42.0 Å². The highest BCUT2D eigenvalue weighted by molar-refractivity contribution is 8.18. The second kappa shape index (κ2) is 11.5. The Balaban J connectivity index is 1.82. The van der Waals surface area contributed by atoms with Gasteiger partial charge in [-0.15, -0.1) is 0 Å². The number of thioether (sulfide) groups is 1. The second-order valence-corrected chi connectivity index (χ2v) is 7.66. The lowest BCUT2D eigenvalue weighted by Gasteiger charge is -2.09. The Morgan fingerprint density at radius 3 is 2.46 bits per heavy atom. The minimum Gasteiger partial charge on any atom is -0.494 e. The molecule has 1 fully saturated rings. The van der Waals surface area contributed by atoms with Crippen LogP contribution >= 0.6 is 11.8 Å². The van der Waals surface area contributed by atoms with Gasteiger partial charge in [0.1, 0.15) is 5.75 Å². The molecule has 6 nitrogen and oxygen atoms in total. The van der Waals surface area contributed by atoms with Gasteiger partial charge in [0.15, 0.2) is 0 Å². The molecule has 0 saturated carbocycles. The number of carbonyl (C=O) groups is 3. The quantitative estimate of drug-likeness (QED) is 0.392. The molecule has 0 unspecified atom stereocenters. The molecule has 0 spiro atoms. The first-order valence-electron chi connectivity index (χ1n) is 9.71. The Bertz CT molecular complexity index is 714. The molecular formula is C21H27NO5S. The molecule has 1 aromatic rings. The molecule has 1 aromatic carbocycles. The van der Waals surface area contributed by atoms with Crippen molar-refractivity contribution < 1.29 is 24.2 Å². The van der Waals surface area contributed by atoms with E-state index in [0.29, 0.717) is 11.5 Å². The molecule has 1 N–H and O–H groups in total. The number of rotatable bonds is 12. The molecule has 1 aliphatic rings. The largest absolute Gasteiger partial charge is 0.494 e. The zero-order valence-corrected chi connectivity index (χ0v) is 17.0. The fourth-order valence-corrected chi connectivity index (χ4v) is 3.65. The van der Waals surface area contributed by atoms with Gasteiger partial charge in [-0.1, -0.05) is 51.2 Å². The summed E-state index contributed by atoms with van der Waals surface area (Å²) in [4.78, 5) is 36.1. The third-order valence-electron chi connectivity index (χ3n) is 4.37. The number of amides is 2. The molecular weight excluding hydrogens is 378 g/mol. The molecule has 1 heterocycles. The molecule has 0 bridgehead atoms. The molecule has 0 atom stereocenters. The summed E-state index contributed by atoms with van der Waals surface area (Å²) in [6, 6.07) is 7.36. The summed E-state index contributed by atoms with van der Waals surface area (Å²) in [5, 5.41) is 8.28. The summed E-state index contributed by atoms with van der Waals surface area (Å²) in [5.41, 5.74) is 0.788. The second-order valence-electron chi connectivity index (χ2n) is 6.66. The van der Waals surface area contributed by atoms with Crippen molar-refractivity contribution in [3.8, 4) is 5.75 Å². The van der Waals surface area contributed by atoms with E-state index in [0.717, 1.165) is 34.4 Å². The van der Waals surface area contributed by atoms with Crippen molar-refractivity contribution in [2.75, 3.05) is 13.2 Å². The van der Waals surface area contributed by atoms with E-state index < -0.39 is 17.1 Å². The Morgan fingerprint density at radius 2 is 1.79 bits per heavy atom. The van der Waals surface area contributed by atoms with E-state index in [4.69, 9.17) is 9.84 Å². The highest BCUT2D eigenvalue weighted by Crippen LogP contribution is 2.32. The third-order valence-corrected chi connectivity index (χ3v) is 5.27. The zero-order valence-electron chi connectivity index (χ0n) is 16.2. The average molecular weight is 406 g/mol. The number of ether oxygens (including phenoxy) is 1. The number of hydrogen-bond acceptors (Lipinski definition) is 5. The molecule has 0 radical (unpaired) electrons. The van der Waals surface area contributed by atoms with Gasteiger partial charge in [0, 0.05) is 6.54 Å². The molecule has 0 aromatic heterocycles. The van der Waals surface area contributed by atoms with Crippen LogP contribution in [0, 0.1) is 0 Å². The van der Waals surface area contributed by atoms with Crippen LogP contribution in [0.1, 0.15) is 57.4 Å². The number of hydrogen-bond donors (Lipinski definition) is 1. The van der Waals surface area contributed by atoms with Gasteiger partial charge in [-0.25, -0.2) is 0 Å². The highest BCUT2D eigenvalue weighted by atomic mass is 32.2. The van der Waals surface area contributed by atoms with Crippen LogP contribution in [0.15, 0.2) is 29.2 Å². The SMILES string of the molecule is CCCCCCCCOc1ccc(C=C2SC(=O)N(CCC(=O)O)C2=O)cc1. The number of carboxylic acid groups (broad SMARTS) is 1. The number of carboxylic acids is 1. The van der Waals surface area contributed by atoms with Gasteiger partial charge in [0.2, 0.25) is 0 Å². The normalized spacial score (nSPS) is 15.5. The minimum atomic E-state index is -1.04. The fourth-order valence-electron chi connectivity index (χ4n) is 2.78. The summed E-state index contributed by atoms with van der Waals surface area (Å²) >= 11 is 0.832. The number of nitrogens with zero attached hydrogens (tertiary/aromatic N) is 1. The Kier molecular flexibility index (Phi) is 9.07. The number of benzene rings is 1. The smallest absolute Gasteiger partial charge is 0.305 e. The van der Waals surface area contributed by atoms with Crippen LogP contribution in [-0.2, 0) is 9.59 Å². The first-order chi connectivity index (χ1) is 13.5. The van der Waals surface area contributed by atoms with Crippen LogP contribution in [0.5, 0.6) is 5.75 Å². The monoisotopic (exact) mass is 405 g/mol. The van der Waals surface area contributed by atoms with Gasteiger partial charge >= 0.3 is 5.97 Å². The van der Waals surface area contributed by atoms with E-state index in [9.17, 15) is 14.4 Å². The molecule has 1 aliphatic heterocycles. The van der Waals surface area contributed by atoms with Crippen molar-refractivity contribution in [3.05, 3.63) is 34.7 Å². The van der Waals surface area contributed by atoms with Gasteiger partial charge < -0.3 is 9.84 Å². The van der Waals surface area contributed by atoms with Crippen molar-refractivity contribution >= 4 is 35.0 Å². The van der Waals surface area contributed by atoms with E-state index in [-0.39, 0.29) is 13.0 Å². The lowest BCUT2D eigenvalue weighted by molar-refractivity contribution is -0.137. The van der Waals surface area contributed by atoms with Crippen molar-refractivity contribution in [1.82, 2.24) is 4.90 Å². The predicted molar refractivity (Wildman–Crippen MR) is 110 cm³/mol. The standard InChI is InChI=1S/C21H27NO5S/c1-2-3-4-5-6-7-14-27-17-10-8-16(9-11-17)15-18-20(25)22(21(26)28-18)13-12-19(23)24/h8-11,15H,2-7,12-14H2,1H3,(H,23,24). The van der Waals surface area contributed by atoms with Gasteiger partial charge in [0.05, 0.1) is 17.9 Å². The lowest BCUT2D eigenvalue weighted by Crippen LogP contribution is -2.30. The Hall–Kier alpha value is -2.28. The first-order valence-corrected chi connectivity index (χ1v) is 10.5. The molecule has 0 aliphatic carbocycles. The van der Waals surface area contributed by atoms with Crippen LogP contribution in [0.25, 0.3) is 6.08 Å². The topological polar surface area (TPSA) is 83.9 Å². The first kappa shape index (κ1) is 22.0. The van der Waals surface area contributed by atoms with E-state index in [2.05, 4.69) is 6.92 Å². The summed E-state index contributed by atoms with van der Waals surface area (Å²) in [6.45, 7) is 2.79.